The van der Waals surface area contributed by atoms with Crippen LogP contribution in [0, 0.1) is 11.8 Å². The van der Waals surface area contributed by atoms with E-state index in [-0.39, 0.29) is 75.2 Å². The average Bonchev–Trinajstić information content (AvgIpc) is 3.32. The maximum absolute atomic E-state index is 14.2. The zero-order chi connectivity index (χ0) is 54.6. The fourth-order valence-electron chi connectivity index (χ4n) is 7.19. The van der Waals surface area contributed by atoms with Crippen molar-refractivity contribution in [2.24, 2.45) is 50.5 Å². The Labute approximate surface area is 425 Å². The highest BCUT2D eigenvalue weighted by molar-refractivity contribution is 5.97. The molecule has 19 N–H and O–H groups in total. The Bertz CT molecular complexity index is 2220. The van der Waals surface area contributed by atoms with Crippen molar-refractivity contribution >= 4 is 65.1 Å². The lowest BCUT2D eigenvalue weighted by molar-refractivity contribution is -0.136. The lowest BCUT2D eigenvalue weighted by atomic mass is 9.96. The van der Waals surface area contributed by atoms with Crippen LogP contribution in [-0.4, -0.2) is 133 Å². The molecule has 0 radical (unpaired) electrons. The van der Waals surface area contributed by atoms with Crippen LogP contribution in [0.1, 0.15) is 84.3 Å². The van der Waals surface area contributed by atoms with Crippen LogP contribution in [0.25, 0.3) is 0 Å². The summed E-state index contributed by atoms with van der Waals surface area (Å²) < 4.78 is 0. The van der Waals surface area contributed by atoms with Crippen molar-refractivity contribution in [2.75, 3.05) is 26.2 Å². The molecule has 0 aliphatic heterocycles. The number of nitrogens with two attached hydrogens (primary N) is 5. The van der Waals surface area contributed by atoms with Gasteiger partial charge in [-0.2, -0.15) is 0 Å². The molecule has 0 aliphatic carbocycles. The maximum Gasteiger partial charge on any atom is 0.243 e. The van der Waals surface area contributed by atoms with Gasteiger partial charge in [-0.25, -0.2) is 0 Å². The highest BCUT2D eigenvalue weighted by Gasteiger charge is 2.34. The van der Waals surface area contributed by atoms with Crippen molar-refractivity contribution < 1.29 is 48.3 Å². The molecule has 0 aliphatic rings. The zero-order valence-corrected chi connectivity index (χ0v) is 42.2. The largest absolute Gasteiger partial charge is 0.508 e. The fraction of sp³-hybridized carbons (Fsp3) is 0.521. The highest BCUT2D eigenvalue weighted by atomic mass is 16.3. The monoisotopic (exact) mass is 1020 g/mol. The number of nitrogens with one attached hydrogen (secondary N) is 8. The molecule has 0 heterocycles. The number of phenols is 1. The van der Waals surface area contributed by atoms with Gasteiger partial charge in [-0.3, -0.25) is 53.1 Å². The number of amides is 9. The van der Waals surface area contributed by atoms with Crippen molar-refractivity contribution in [3.05, 3.63) is 65.7 Å². The smallest absolute Gasteiger partial charge is 0.243 e. The van der Waals surface area contributed by atoms with Gasteiger partial charge in [-0.15, -0.1) is 0 Å². The topological polar surface area (TPSA) is 425 Å². The first-order valence-electron chi connectivity index (χ1n) is 24.0. The number of hydrogen-bond acceptors (Lipinski definition) is 12. The molecule has 2 aromatic carbocycles. The number of carbonyl (C=O) groups excluding carboxylic acids is 9. The molecule has 2 rings (SSSR count). The number of aromatic hydroxyl groups is 1. The Kier molecular flexibility index (Phi) is 26.9. The van der Waals surface area contributed by atoms with Crippen LogP contribution in [-0.2, 0) is 56.0 Å². The van der Waals surface area contributed by atoms with Crippen LogP contribution in [0.5, 0.6) is 5.75 Å². The molecule has 0 unspecified atom stereocenters. The number of hydrogen-bond donors (Lipinski definition) is 14. The molecule has 0 saturated carbocycles. The number of guanidine groups is 2. The molecule has 0 bridgehead atoms. The SMILES string of the molecule is CC[C@H](C)[C@H](NC(=O)[C@H](CCCN=C(N)N)NC(=O)[C@H](CC(C)C)NC(=O)[C@H](Cc1ccccc1)NC(=O)CNC(=O)CNC(=O)[C@H](Cc1ccc(O)cc1)NC(C)=O)C(=O)N[C@@H](CCCN=C(N)N)C(N)=O. The maximum atomic E-state index is 14.2. The van der Waals surface area contributed by atoms with E-state index in [4.69, 9.17) is 28.7 Å². The van der Waals surface area contributed by atoms with Crippen molar-refractivity contribution in [2.45, 2.75) is 122 Å². The van der Waals surface area contributed by atoms with Crippen molar-refractivity contribution in [1.82, 2.24) is 42.5 Å². The molecule has 2 aromatic rings. The van der Waals surface area contributed by atoms with E-state index in [0.29, 0.717) is 24.0 Å². The first-order valence-corrected chi connectivity index (χ1v) is 24.0. The standard InChI is InChI=1S/C48H75N15O10/c1-6-28(4)40(46(73)60-33(41(49)68)14-10-20-54-47(50)51)63-43(70)34(15-11-21-55-48(52)53)61-44(71)35(22-27(2)3)62-45(72)37(23-30-12-8-7-9-13-30)59-39(67)26-56-38(66)25-57-42(69)36(58-29(5)64)24-31-16-18-32(65)19-17-31/h7-9,12-13,16-19,27-28,33-37,40,65H,6,10-11,14-15,20-26H2,1-5H3,(H2,49,68)(H,56,66)(H,57,69)(H,58,64)(H,59,67)(H,60,73)(H,61,71)(H,62,72)(H,63,70)(H4,50,51,54)(H4,52,53,55)/t28-,33-,34-,35-,36-,37-,40-/m0/s1. The Morgan fingerprint density at radius 2 is 1.04 bits per heavy atom. The molecular formula is C48H75N15O10. The Morgan fingerprint density at radius 3 is 1.58 bits per heavy atom. The highest BCUT2D eigenvalue weighted by Crippen LogP contribution is 2.14. The summed E-state index contributed by atoms with van der Waals surface area (Å²) in [6.45, 7) is 7.46. The number of primary amides is 1. The van der Waals surface area contributed by atoms with Gasteiger partial charge < -0.3 is 76.3 Å². The van der Waals surface area contributed by atoms with Gasteiger partial charge in [0.15, 0.2) is 11.9 Å². The number of rotatable bonds is 32. The van der Waals surface area contributed by atoms with E-state index in [2.05, 4.69) is 52.5 Å². The molecular weight excluding hydrogens is 947 g/mol. The normalized spacial score (nSPS) is 13.7. The van der Waals surface area contributed by atoms with Crippen molar-refractivity contribution in [1.29, 1.82) is 0 Å². The summed E-state index contributed by atoms with van der Waals surface area (Å²) in [5.41, 5.74) is 28.7. The third-order valence-corrected chi connectivity index (χ3v) is 11.2. The van der Waals surface area contributed by atoms with E-state index in [1.54, 1.807) is 56.3 Å². The molecule has 73 heavy (non-hydrogen) atoms. The first kappa shape index (κ1) is 61.1. The van der Waals surface area contributed by atoms with Gasteiger partial charge in [0.05, 0.1) is 13.1 Å². The van der Waals surface area contributed by atoms with Crippen molar-refractivity contribution in [3.63, 3.8) is 0 Å². The van der Waals surface area contributed by atoms with Crippen molar-refractivity contribution in [3.8, 4) is 5.75 Å². The minimum Gasteiger partial charge on any atom is -0.508 e. The van der Waals surface area contributed by atoms with Gasteiger partial charge in [0.25, 0.3) is 0 Å². The predicted molar refractivity (Wildman–Crippen MR) is 273 cm³/mol. The number of nitrogens with zero attached hydrogens (tertiary/aromatic N) is 2. The zero-order valence-electron chi connectivity index (χ0n) is 42.2. The lowest BCUT2D eigenvalue weighted by Gasteiger charge is -2.29. The Hall–Kier alpha value is -7.99. The number of phenolic OH excluding ortho intramolecular Hbond substituents is 1. The van der Waals surface area contributed by atoms with Gasteiger partial charge in [0.2, 0.25) is 53.2 Å². The van der Waals surface area contributed by atoms with E-state index in [1.807, 2.05) is 13.8 Å². The quantitative estimate of drug-likeness (QED) is 0.0198. The van der Waals surface area contributed by atoms with Gasteiger partial charge >= 0.3 is 0 Å². The molecule has 9 amide bonds. The summed E-state index contributed by atoms with van der Waals surface area (Å²) >= 11 is 0. The van der Waals surface area contributed by atoms with Crippen LogP contribution in [0.2, 0.25) is 0 Å². The third-order valence-electron chi connectivity index (χ3n) is 11.2. The minimum atomic E-state index is -1.29. The molecule has 25 heteroatoms. The van der Waals surface area contributed by atoms with Crippen LogP contribution in [0.15, 0.2) is 64.6 Å². The Balaban J connectivity index is 2.28. The molecule has 402 valence electrons. The fourth-order valence-corrected chi connectivity index (χ4v) is 7.19. The second-order valence-electron chi connectivity index (χ2n) is 17.9. The van der Waals surface area contributed by atoms with Crippen LogP contribution >= 0.6 is 0 Å². The van der Waals surface area contributed by atoms with Gasteiger partial charge in [-0.1, -0.05) is 76.6 Å². The van der Waals surface area contributed by atoms with E-state index < -0.39 is 108 Å². The molecule has 7 atom stereocenters. The summed E-state index contributed by atoms with van der Waals surface area (Å²) in [6, 6.07) is 7.52. The minimum absolute atomic E-state index is 0.0158. The summed E-state index contributed by atoms with van der Waals surface area (Å²) in [4.78, 5) is 127. The van der Waals surface area contributed by atoms with Crippen LogP contribution in [0.4, 0.5) is 0 Å². The molecule has 0 fully saturated rings. The van der Waals surface area contributed by atoms with Crippen LogP contribution < -0.4 is 71.2 Å². The summed E-state index contributed by atoms with van der Waals surface area (Å²) in [5.74, 6) is -7.47. The first-order chi connectivity index (χ1) is 34.5. The van der Waals surface area contributed by atoms with E-state index in [9.17, 15) is 48.3 Å². The lowest BCUT2D eigenvalue weighted by Crippen LogP contribution is -2.60. The molecule has 0 spiro atoms. The molecule has 0 saturated heterocycles. The third kappa shape index (κ3) is 24.6. The van der Waals surface area contributed by atoms with Crippen LogP contribution in [0.3, 0.4) is 0 Å². The second kappa shape index (κ2) is 32.1. The molecule has 25 nitrogen and oxygen atoms in total. The van der Waals surface area contributed by atoms with E-state index >= 15 is 0 Å². The molecule has 0 aromatic heterocycles. The predicted octanol–water partition coefficient (Wildman–Crippen LogP) is -2.98. The summed E-state index contributed by atoms with van der Waals surface area (Å²) in [6.07, 6.45) is 1.12. The van der Waals surface area contributed by atoms with Gasteiger partial charge in [0.1, 0.15) is 42.0 Å². The summed E-state index contributed by atoms with van der Waals surface area (Å²) in [7, 11) is 0. The van der Waals surface area contributed by atoms with E-state index in [1.165, 1.54) is 19.1 Å². The number of benzene rings is 2. The number of carbonyl (C=O) groups is 9. The number of aliphatic imine (C=N–C) groups is 2. The van der Waals surface area contributed by atoms with Gasteiger partial charge in [0, 0.05) is 32.9 Å². The Morgan fingerprint density at radius 1 is 0.548 bits per heavy atom. The second-order valence-corrected chi connectivity index (χ2v) is 17.9. The average molecular weight is 1020 g/mol. The van der Waals surface area contributed by atoms with E-state index in [0.717, 1.165) is 0 Å². The summed E-state index contributed by atoms with van der Waals surface area (Å²) in [5, 5.41) is 30.3. The van der Waals surface area contributed by atoms with Gasteiger partial charge in [-0.05, 0) is 67.2 Å².